The molecule has 4 heterocycles. The molecule has 5 rings (SSSR count). The highest BCUT2D eigenvalue weighted by Gasteiger charge is 2.17. The van der Waals surface area contributed by atoms with E-state index in [0.29, 0.717) is 32.7 Å². The van der Waals surface area contributed by atoms with E-state index >= 15 is 0 Å². The van der Waals surface area contributed by atoms with Gasteiger partial charge in [-0.05, 0) is 38.2 Å². The molecule has 194 valence electrons. The summed E-state index contributed by atoms with van der Waals surface area (Å²) in [5.41, 5.74) is 1.31. The molecule has 1 fully saturated rings. The van der Waals surface area contributed by atoms with Crippen LogP contribution in [0.15, 0.2) is 36.7 Å². The number of aromatic nitrogens is 4. The van der Waals surface area contributed by atoms with Crippen molar-refractivity contribution in [3.63, 3.8) is 0 Å². The summed E-state index contributed by atoms with van der Waals surface area (Å²) in [5.74, 6) is 0.580. The Morgan fingerprint density at radius 3 is 2.54 bits per heavy atom. The molecule has 0 aliphatic carbocycles. The van der Waals surface area contributed by atoms with Crippen molar-refractivity contribution in [3.8, 4) is 11.1 Å². The summed E-state index contributed by atoms with van der Waals surface area (Å²) in [5, 5.41) is 10.1. The lowest BCUT2D eigenvalue weighted by atomic mass is 10.1. The Labute approximate surface area is 218 Å². The summed E-state index contributed by atoms with van der Waals surface area (Å²) in [7, 11) is 3.90. The Bertz CT molecular complexity index is 1370. The van der Waals surface area contributed by atoms with Crippen molar-refractivity contribution in [3.05, 3.63) is 48.3 Å². The van der Waals surface area contributed by atoms with Gasteiger partial charge in [0.2, 0.25) is 0 Å². The normalized spacial score (nSPS) is 14.7. The van der Waals surface area contributed by atoms with Crippen molar-refractivity contribution in [2.24, 2.45) is 0 Å². The van der Waals surface area contributed by atoms with E-state index < -0.39 is 11.6 Å². The van der Waals surface area contributed by atoms with E-state index in [1.165, 1.54) is 29.8 Å². The van der Waals surface area contributed by atoms with Crippen LogP contribution in [0.4, 0.5) is 31.4 Å². The predicted molar refractivity (Wildman–Crippen MR) is 145 cm³/mol. The van der Waals surface area contributed by atoms with E-state index in [2.05, 4.69) is 52.7 Å². The third-order valence-electron chi connectivity index (χ3n) is 6.30. The summed E-state index contributed by atoms with van der Waals surface area (Å²) in [6, 6.07) is 7.05. The first-order valence-electron chi connectivity index (χ1n) is 12.2. The lowest BCUT2D eigenvalue weighted by Gasteiger charge is -2.32. The molecule has 0 radical (unpaired) electrons. The second-order valence-corrected chi connectivity index (χ2v) is 9.92. The first-order chi connectivity index (χ1) is 18.0. The van der Waals surface area contributed by atoms with Crippen molar-refractivity contribution in [1.82, 2.24) is 29.7 Å². The number of benzene rings is 1. The maximum atomic E-state index is 14.6. The van der Waals surface area contributed by atoms with Crippen LogP contribution in [0.25, 0.3) is 21.5 Å². The second-order valence-electron chi connectivity index (χ2n) is 8.94. The molecular weight excluding hydrogens is 496 g/mol. The molecule has 1 aromatic carbocycles. The van der Waals surface area contributed by atoms with Crippen LogP contribution in [-0.4, -0.2) is 83.1 Å². The molecule has 1 aliphatic rings. The molecule has 0 spiro atoms. The molecule has 12 heteroatoms. The van der Waals surface area contributed by atoms with Crippen LogP contribution in [0.2, 0.25) is 0 Å². The number of likely N-dealkylation sites (N-methyl/N-ethyl adjacent to an activating group) is 1. The van der Waals surface area contributed by atoms with E-state index in [0.717, 1.165) is 57.6 Å². The maximum absolute atomic E-state index is 14.6. The Balaban J connectivity index is 1.28. The Hall–Kier alpha value is -3.48. The van der Waals surface area contributed by atoms with Crippen molar-refractivity contribution >= 4 is 44.3 Å². The average molecular weight is 526 g/mol. The van der Waals surface area contributed by atoms with Gasteiger partial charge < -0.3 is 25.8 Å². The van der Waals surface area contributed by atoms with Crippen LogP contribution < -0.4 is 16.0 Å². The highest BCUT2D eigenvalue weighted by atomic mass is 32.1. The van der Waals surface area contributed by atoms with Gasteiger partial charge in [0, 0.05) is 63.0 Å². The smallest absolute Gasteiger partial charge is 0.190 e. The summed E-state index contributed by atoms with van der Waals surface area (Å²) in [6.07, 6.45) is 2.52. The van der Waals surface area contributed by atoms with Gasteiger partial charge in [-0.3, -0.25) is 0 Å². The van der Waals surface area contributed by atoms with Gasteiger partial charge in [-0.15, -0.1) is 0 Å². The quantitative estimate of drug-likeness (QED) is 0.277. The van der Waals surface area contributed by atoms with E-state index in [1.807, 2.05) is 6.07 Å². The van der Waals surface area contributed by atoms with Crippen LogP contribution in [0.3, 0.4) is 0 Å². The highest BCUT2D eigenvalue weighted by molar-refractivity contribution is 7.21. The van der Waals surface area contributed by atoms with Crippen LogP contribution in [0, 0.1) is 11.6 Å². The molecule has 1 saturated heterocycles. The minimum atomic E-state index is -0.656. The number of nitrogens with zero attached hydrogens (tertiary/aromatic N) is 6. The minimum Gasteiger partial charge on any atom is -0.373 e. The number of hydrogen-bond acceptors (Lipinski definition) is 10. The number of anilines is 4. The largest absolute Gasteiger partial charge is 0.373 e. The first-order valence-corrected chi connectivity index (χ1v) is 13.0. The van der Waals surface area contributed by atoms with E-state index in [-0.39, 0.29) is 5.56 Å². The third kappa shape index (κ3) is 6.09. The Kier molecular flexibility index (Phi) is 7.68. The Morgan fingerprint density at radius 1 is 0.946 bits per heavy atom. The zero-order valence-electron chi connectivity index (χ0n) is 20.8. The standard InChI is InChI=1S/C25H29F2N9S/c1-28-20-13-18(17-5-4-16(26)12-19(17)27)23-24(32-20)37-25(34-23)33-22-14-21(30-15-31-22)29-6-3-7-36-10-8-35(2)9-11-36/h4-5,12-15H,3,6-11H2,1-2H3,(H,28,32)(H2,29,30,31,33,34). The van der Waals surface area contributed by atoms with Gasteiger partial charge in [0.05, 0.1) is 0 Å². The maximum Gasteiger partial charge on any atom is 0.190 e. The van der Waals surface area contributed by atoms with Crippen molar-refractivity contribution in [2.45, 2.75) is 6.42 Å². The molecule has 3 aromatic heterocycles. The zero-order chi connectivity index (χ0) is 25.8. The predicted octanol–water partition coefficient (Wildman–Crippen LogP) is 4.26. The van der Waals surface area contributed by atoms with E-state index in [1.54, 1.807) is 13.1 Å². The van der Waals surface area contributed by atoms with E-state index in [4.69, 9.17) is 0 Å². The van der Waals surface area contributed by atoms with Crippen molar-refractivity contribution < 1.29 is 8.78 Å². The van der Waals surface area contributed by atoms with Gasteiger partial charge >= 0.3 is 0 Å². The van der Waals surface area contributed by atoms with Gasteiger partial charge in [0.1, 0.15) is 45.8 Å². The lowest BCUT2D eigenvalue weighted by molar-refractivity contribution is 0.154. The number of rotatable bonds is 9. The SMILES string of the molecule is CNc1cc(-c2ccc(F)cc2F)c2nc(Nc3cc(NCCCN4CCN(C)CC4)ncn3)sc2n1. The van der Waals surface area contributed by atoms with Crippen molar-refractivity contribution in [2.75, 3.05) is 69.3 Å². The number of fused-ring (bicyclic) bond motifs is 1. The fourth-order valence-electron chi connectivity index (χ4n) is 4.23. The van der Waals surface area contributed by atoms with Gasteiger partial charge in [-0.2, -0.15) is 0 Å². The number of halogens is 2. The van der Waals surface area contributed by atoms with E-state index in [9.17, 15) is 8.78 Å². The fraction of sp³-hybridized carbons (Fsp3) is 0.360. The van der Waals surface area contributed by atoms with Crippen LogP contribution in [-0.2, 0) is 0 Å². The number of pyridine rings is 1. The number of nitrogens with one attached hydrogen (secondary N) is 3. The monoisotopic (exact) mass is 525 g/mol. The molecule has 0 atom stereocenters. The van der Waals surface area contributed by atoms with Gasteiger partial charge in [-0.25, -0.2) is 28.7 Å². The molecule has 9 nitrogen and oxygen atoms in total. The van der Waals surface area contributed by atoms with Gasteiger partial charge in [0.25, 0.3) is 0 Å². The molecule has 37 heavy (non-hydrogen) atoms. The first kappa shape index (κ1) is 25.2. The molecule has 1 aliphatic heterocycles. The van der Waals surface area contributed by atoms with Crippen LogP contribution in [0.5, 0.6) is 0 Å². The molecule has 0 unspecified atom stereocenters. The zero-order valence-corrected chi connectivity index (χ0v) is 21.6. The lowest BCUT2D eigenvalue weighted by Crippen LogP contribution is -2.44. The summed E-state index contributed by atoms with van der Waals surface area (Å²) >= 11 is 1.32. The molecule has 0 bridgehead atoms. The fourth-order valence-corrected chi connectivity index (χ4v) is 5.10. The molecule has 4 aromatic rings. The third-order valence-corrected chi connectivity index (χ3v) is 7.16. The minimum absolute atomic E-state index is 0.257. The molecule has 3 N–H and O–H groups in total. The second kappa shape index (κ2) is 11.3. The van der Waals surface area contributed by atoms with Gasteiger partial charge in [0.15, 0.2) is 5.13 Å². The van der Waals surface area contributed by atoms with Crippen molar-refractivity contribution in [1.29, 1.82) is 0 Å². The summed E-state index contributed by atoms with van der Waals surface area (Å²) < 4.78 is 28.1. The number of thiazole rings is 1. The number of hydrogen-bond donors (Lipinski definition) is 3. The molecule has 0 saturated carbocycles. The Morgan fingerprint density at radius 2 is 1.76 bits per heavy atom. The van der Waals surface area contributed by atoms with Gasteiger partial charge in [-0.1, -0.05) is 11.3 Å². The number of piperazine rings is 1. The highest BCUT2D eigenvalue weighted by Crippen LogP contribution is 2.36. The van der Waals surface area contributed by atoms with Crippen LogP contribution >= 0.6 is 11.3 Å². The molecule has 0 amide bonds. The average Bonchev–Trinajstić information content (AvgIpc) is 3.30. The van der Waals surface area contributed by atoms with Crippen LogP contribution in [0.1, 0.15) is 6.42 Å². The summed E-state index contributed by atoms with van der Waals surface area (Å²) in [4.78, 5) is 23.3. The molecular formula is C25H29F2N9S. The summed E-state index contributed by atoms with van der Waals surface area (Å²) in [6.45, 7) is 6.33. The topological polar surface area (TPSA) is 94.1 Å².